The van der Waals surface area contributed by atoms with Gasteiger partial charge in [0.1, 0.15) is 11.9 Å². The number of anilines is 2. The SMILES string of the molecule is CCOc1ccccc1OC1CCCN(c2cncc(NC(=O)Cc3cc(C(F)(F)F)cc(C(F)(F)F)c3)n2)C1. The number of halogens is 6. The van der Waals surface area contributed by atoms with Crippen molar-refractivity contribution in [3.63, 3.8) is 0 Å². The maximum absolute atomic E-state index is 13.1. The zero-order valence-electron chi connectivity index (χ0n) is 21.4. The van der Waals surface area contributed by atoms with Crippen LogP contribution in [0.3, 0.4) is 0 Å². The molecular formula is C27H26F6N4O3. The minimum Gasteiger partial charge on any atom is -0.490 e. The predicted octanol–water partition coefficient (Wildman–Crippen LogP) is 6.14. The Bertz CT molecular complexity index is 1300. The lowest BCUT2D eigenvalue weighted by Gasteiger charge is -2.33. The summed E-state index contributed by atoms with van der Waals surface area (Å²) < 4.78 is 90.6. The van der Waals surface area contributed by atoms with Gasteiger partial charge in [-0.3, -0.25) is 9.78 Å². The van der Waals surface area contributed by atoms with Gasteiger partial charge in [-0.05, 0) is 55.7 Å². The maximum Gasteiger partial charge on any atom is 0.416 e. The lowest BCUT2D eigenvalue weighted by molar-refractivity contribution is -0.143. The van der Waals surface area contributed by atoms with Crippen molar-refractivity contribution in [3.8, 4) is 11.5 Å². The molecule has 0 saturated carbocycles. The molecule has 1 aromatic heterocycles. The highest BCUT2D eigenvalue weighted by Crippen LogP contribution is 2.36. The quantitative estimate of drug-likeness (QED) is 0.329. The number of rotatable bonds is 8. The molecule has 1 unspecified atom stereocenters. The van der Waals surface area contributed by atoms with Crippen LogP contribution in [0.2, 0.25) is 0 Å². The van der Waals surface area contributed by atoms with Crippen LogP contribution in [-0.2, 0) is 23.6 Å². The molecule has 1 atom stereocenters. The summed E-state index contributed by atoms with van der Waals surface area (Å²) >= 11 is 0. The van der Waals surface area contributed by atoms with Crippen LogP contribution in [0.25, 0.3) is 0 Å². The van der Waals surface area contributed by atoms with Crippen molar-refractivity contribution >= 4 is 17.5 Å². The number of nitrogens with zero attached hydrogens (tertiary/aromatic N) is 3. The van der Waals surface area contributed by atoms with Crippen LogP contribution < -0.4 is 19.7 Å². The van der Waals surface area contributed by atoms with Crippen LogP contribution in [0, 0.1) is 0 Å². The number of amides is 1. The summed E-state index contributed by atoms with van der Waals surface area (Å²) in [6.45, 7) is 3.48. The molecule has 7 nitrogen and oxygen atoms in total. The Labute approximate surface area is 226 Å². The minimum absolute atomic E-state index is 0.00949. The molecule has 3 aromatic rings. The molecule has 40 heavy (non-hydrogen) atoms. The van der Waals surface area contributed by atoms with Gasteiger partial charge in [0, 0.05) is 6.54 Å². The first-order valence-corrected chi connectivity index (χ1v) is 12.5. The number of alkyl halides is 6. The second-order valence-electron chi connectivity index (χ2n) is 9.11. The Balaban J connectivity index is 1.43. The monoisotopic (exact) mass is 568 g/mol. The van der Waals surface area contributed by atoms with Crippen LogP contribution >= 0.6 is 0 Å². The van der Waals surface area contributed by atoms with Crippen molar-refractivity contribution in [2.24, 2.45) is 0 Å². The third-order valence-corrected chi connectivity index (χ3v) is 6.05. The minimum atomic E-state index is -5.01. The predicted molar refractivity (Wildman–Crippen MR) is 134 cm³/mol. The number of aromatic nitrogens is 2. The molecule has 1 fully saturated rings. The smallest absolute Gasteiger partial charge is 0.416 e. The molecule has 2 aromatic carbocycles. The van der Waals surface area contributed by atoms with Crippen LogP contribution in [0.4, 0.5) is 38.0 Å². The zero-order chi connectivity index (χ0) is 28.9. The number of carbonyl (C=O) groups is 1. The van der Waals surface area contributed by atoms with Gasteiger partial charge in [-0.25, -0.2) is 4.98 Å². The fraction of sp³-hybridized carbons (Fsp3) is 0.370. The summed E-state index contributed by atoms with van der Waals surface area (Å²) in [4.78, 5) is 22.9. The Morgan fingerprint density at radius 2 is 1.70 bits per heavy atom. The summed E-state index contributed by atoms with van der Waals surface area (Å²) in [5.41, 5.74) is -3.41. The number of piperidine rings is 1. The van der Waals surface area contributed by atoms with Crippen molar-refractivity contribution in [2.45, 2.75) is 44.6 Å². The molecule has 0 radical (unpaired) electrons. The van der Waals surface area contributed by atoms with Crippen LogP contribution in [0.15, 0.2) is 54.9 Å². The van der Waals surface area contributed by atoms with E-state index in [4.69, 9.17) is 9.47 Å². The third-order valence-electron chi connectivity index (χ3n) is 6.05. The molecule has 2 heterocycles. The number of para-hydroxylation sites is 2. The third kappa shape index (κ3) is 7.54. The number of nitrogens with one attached hydrogen (secondary N) is 1. The lowest BCUT2D eigenvalue weighted by Crippen LogP contribution is -2.41. The van der Waals surface area contributed by atoms with E-state index in [-0.39, 0.29) is 18.0 Å². The van der Waals surface area contributed by atoms with Crippen LogP contribution in [0.5, 0.6) is 11.5 Å². The van der Waals surface area contributed by atoms with Gasteiger partial charge >= 0.3 is 12.4 Å². The standard InChI is InChI=1S/C27H26F6N4O3/c1-2-39-21-7-3-4-8-22(21)40-20-6-5-9-37(16-20)24-15-34-14-23(35-24)36-25(38)12-17-10-18(26(28,29)30)13-19(11-17)27(31,32)33/h3-4,7-8,10-11,13-15,20H,2,5-6,9,12,16H2,1H3,(H,35,36,38). The Morgan fingerprint density at radius 3 is 2.35 bits per heavy atom. The van der Waals surface area contributed by atoms with Gasteiger partial charge in [0.15, 0.2) is 17.3 Å². The average Bonchev–Trinajstić information content (AvgIpc) is 2.89. The molecule has 1 amide bonds. The molecule has 214 valence electrons. The number of benzene rings is 2. The van der Waals surface area contributed by atoms with Crippen LogP contribution in [0.1, 0.15) is 36.5 Å². The maximum atomic E-state index is 13.1. The van der Waals surface area contributed by atoms with E-state index >= 15 is 0 Å². The van der Waals surface area contributed by atoms with E-state index in [2.05, 4.69) is 15.3 Å². The molecule has 1 N–H and O–H groups in total. The van der Waals surface area contributed by atoms with E-state index in [1.54, 1.807) is 0 Å². The van der Waals surface area contributed by atoms with Crippen molar-refractivity contribution in [3.05, 3.63) is 71.5 Å². The zero-order valence-corrected chi connectivity index (χ0v) is 21.4. The van der Waals surface area contributed by atoms with Crippen molar-refractivity contribution in [2.75, 3.05) is 29.9 Å². The van der Waals surface area contributed by atoms with E-state index in [0.717, 1.165) is 12.8 Å². The number of hydrogen-bond donors (Lipinski definition) is 1. The number of carbonyl (C=O) groups excluding carboxylic acids is 1. The van der Waals surface area contributed by atoms with Gasteiger partial charge in [-0.2, -0.15) is 26.3 Å². The van der Waals surface area contributed by atoms with E-state index in [9.17, 15) is 31.1 Å². The molecule has 0 aliphatic carbocycles. The van der Waals surface area contributed by atoms with E-state index in [1.165, 1.54) is 12.4 Å². The highest BCUT2D eigenvalue weighted by atomic mass is 19.4. The Hall–Kier alpha value is -4.03. The van der Waals surface area contributed by atoms with E-state index in [0.29, 0.717) is 49.1 Å². The van der Waals surface area contributed by atoms with Gasteiger partial charge in [0.2, 0.25) is 5.91 Å². The normalized spacial score (nSPS) is 16.0. The molecule has 1 aliphatic heterocycles. The second-order valence-corrected chi connectivity index (χ2v) is 9.11. The van der Waals surface area contributed by atoms with Gasteiger partial charge in [0.25, 0.3) is 0 Å². The lowest BCUT2D eigenvalue weighted by atomic mass is 10.0. The summed E-state index contributed by atoms with van der Waals surface area (Å²) in [5.74, 6) is 0.852. The van der Waals surface area contributed by atoms with Crippen molar-refractivity contribution < 1.29 is 40.6 Å². The fourth-order valence-corrected chi connectivity index (χ4v) is 4.31. The second kappa shape index (κ2) is 12.0. The van der Waals surface area contributed by atoms with Crippen molar-refractivity contribution in [1.29, 1.82) is 0 Å². The first-order chi connectivity index (χ1) is 18.9. The van der Waals surface area contributed by atoms with E-state index in [1.807, 2.05) is 36.1 Å². The molecule has 0 bridgehead atoms. The molecule has 1 aliphatic rings. The average molecular weight is 569 g/mol. The highest BCUT2D eigenvalue weighted by molar-refractivity contribution is 5.91. The molecule has 0 spiro atoms. The fourth-order valence-electron chi connectivity index (χ4n) is 4.31. The summed E-state index contributed by atoms with van der Waals surface area (Å²) in [7, 11) is 0. The number of hydrogen-bond acceptors (Lipinski definition) is 6. The Kier molecular flexibility index (Phi) is 8.70. The first kappa shape index (κ1) is 29.0. The van der Waals surface area contributed by atoms with Crippen molar-refractivity contribution in [1.82, 2.24) is 9.97 Å². The topological polar surface area (TPSA) is 76.6 Å². The molecule has 13 heteroatoms. The van der Waals surface area contributed by atoms with Crippen LogP contribution in [-0.4, -0.2) is 41.7 Å². The van der Waals surface area contributed by atoms with E-state index < -0.39 is 41.4 Å². The summed E-state index contributed by atoms with van der Waals surface area (Å²) in [6, 6.07) is 8.40. The Morgan fingerprint density at radius 1 is 1.02 bits per heavy atom. The molecule has 4 rings (SSSR count). The van der Waals surface area contributed by atoms with Gasteiger partial charge in [-0.15, -0.1) is 0 Å². The largest absolute Gasteiger partial charge is 0.490 e. The van der Waals surface area contributed by atoms with Gasteiger partial charge < -0.3 is 19.7 Å². The summed E-state index contributed by atoms with van der Waals surface area (Å²) in [5, 5.41) is 2.41. The molecule has 1 saturated heterocycles. The van der Waals surface area contributed by atoms with Gasteiger partial charge in [0.05, 0.1) is 43.1 Å². The first-order valence-electron chi connectivity index (χ1n) is 12.5. The number of ether oxygens (including phenoxy) is 2. The molecular weight excluding hydrogens is 542 g/mol. The highest BCUT2D eigenvalue weighted by Gasteiger charge is 2.37. The summed E-state index contributed by atoms with van der Waals surface area (Å²) in [6.07, 6.45) is -6.61. The van der Waals surface area contributed by atoms with Gasteiger partial charge in [-0.1, -0.05) is 12.1 Å².